The van der Waals surface area contributed by atoms with Gasteiger partial charge < -0.3 is 10.6 Å². The van der Waals surface area contributed by atoms with E-state index in [1.54, 1.807) is 11.3 Å². The van der Waals surface area contributed by atoms with E-state index in [1.807, 2.05) is 0 Å². The Morgan fingerprint density at radius 3 is 2.80 bits per heavy atom. The van der Waals surface area contributed by atoms with Crippen LogP contribution in [-0.4, -0.2) is 22.6 Å². The van der Waals surface area contributed by atoms with Gasteiger partial charge in [-0.3, -0.25) is 0 Å². The van der Waals surface area contributed by atoms with Gasteiger partial charge in [-0.25, -0.2) is 4.98 Å². The van der Waals surface area contributed by atoms with E-state index in [1.165, 1.54) is 11.3 Å². The molecule has 108 valence electrons. The van der Waals surface area contributed by atoms with Crippen LogP contribution < -0.4 is 10.6 Å². The lowest BCUT2D eigenvalue weighted by atomic mass is 10.2. The fourth-order valence-corrected chi connectivity index (χ4v) is 3.23. The first-order valence-electron chi connectivity index (χ1n) is 7.28. The molecule has 0 aromatic carbocycles. The molecule has 5 heteroatoms. The summed E-state index contributed by atoms with van der Waals surface area (Å²) in [4.78, 5) is 11.6. The van der Waals surface area contributed by atoms with E-state index in [2.05, 4.69) is 54.4 Å². The van der Waals surface area contributed by atoms with E-state index >= 15 is 0 Å². The van der Waals surface area contributed by atoms with Crippen LogP contribution in [0.1, 0.15) is 38.5 Å². The topological polar surface area (TPSA) is 49.8 Å². The molecular formula is C15H22N4S. The maximum absolute atomic E-state index is 4.67. The Labute approximate surface area is 124 Å². The molecule has 2 N–H and O–H groups in total. The Morgan fingerprint density at radius 1 is 1.40 bits per heavy atom. The Morgan fingerprint density at radius 2 is 2.15 bits per heavy atom. The van der Waals surface area contributed by atoms with Gasteiger partial charge in [-0.05, 0) is 31.2 Å². The fraction of sp³-hybridized carbons (Fsp3) is 0.600. The summed E-state index contributed by atoms with van der Waals surface area (Å²) in [6.07, 6.45) is 2.28. The fourth-order valence-electron chi connectivity index (χ4n) is 2.35. The summed E-state index contributed by atoms with van der Waals surface area (Å²) in [5, 5.41) is 8.04. The summed E-state index contributed by atoms with van der Waals surface area (Å²) in [5.74, 6) is 1.72. The molecule has 1 aliphatic carbocycles. The van der Waals surface area contributed by atoms with Crippen LogP contribution in [0.4, 0.5) is 11.8 Å². The van der Waals surface area contributed by atoms with Crippen molar-refractivity contribution in [3.8, 4) is 0 Å². The molecule has 2 aromatic rings. The summed E-state index contributed by atoms with van der Waals surface area (Å²) in [7, 11) is 0. The maximum atomic E-state index is 4.67. The second-order valence-corrected chi connectivity index (χ2v) is 7.52. The molecule has 0 radical (unpaired) electrons. The molecule has 2 heterocycles. The van der Waals surface area contributed by atoms with E-state index in [9.17, 15) is 0 Å². The first-order chi connectivity index (χ1) is 9.49. The Balaban J connectivity index is 1.94. The molecule has 0 saturated heterocycles. The summed E-state index contributed by atoms with van der Waals surface area (Å²) >= 11 is 1.73. The van der Waals surface area contributed by atoms with Crippen LogP contribution in [0.5, 0.6) is 0 Å². The van der Waals surface area contributed by atoms with Crippen molar-refractivity contribution >= 4 is 33.3 Å². The predicted molar refractivity (Wildman–Crippen MR) is 86.7 cm³/mol. The molecule has 1 aliphatic rings. The molecule has 0 amide bonds. The van der Waals surface area contributed by atoms with Gasteiger partial charge in [0.05, 0.1) is 5.39 Å². The molecular weight excluding hydrogens is 268 g/mol. The van der Waals surface area contributed by atoms with Gasteiger partial charge >= 0.3 is 0 Å². The molecule has 1 fully saturated rings. The highest BCUT2D eigenvalue weighted by molar-refractivity contribution is 7.18. The summed E-state index contributed by atoms with van der Waals surface area (Å²) in [5.41, 5.74) is 0.388. The SMILES string of the molecule is CCCNc1nc(NC2CC2(C)C)c2cc(C)sc2n1. The van der Waals surface area contributed by atoms with Gasteiger partial charge in [0, 0.05) is 17.5 Å². The molecule has 0 spiro atoms. The number of anilines is 2. The molecule has 1 atom stereocenters. The number of nitrogens with zero attached hydrogens (tertiary/aromatic N) is 2. The Kier molecular flexibility index (Phi) is 3.32. The number of thiophene rings is 1. The largest absolute Gasteiger partial charge is 0.366 e. The molecule has 3 rings (SSSR count). The lowest BCUT2D eigenvalue weighted by molar-refractivity contribution is 0.630. The molecule has 0 aliphatic heterocycles. The minimum Gasteiger partial charge on any atom is -0.366 e. The highest BCUT2D eigenvalue weighted by Crippen LogP contribution is 2.47. The first kappa shape index (κ1) is 13.6. The van der Waals surface area contributed by atoms with Gasteiger partial charge in [0.2, 0.25) is 5.95 Å². The van der Waals surface area contributed by atoms with Crippen LogP contribution >= 0.6 is 11.3 Å². The second kappa shape index (κ2) is 4.88. The number of fused-ring (bicyclic) bond motifs is 1. The third-order valence-electron chi connectivity index (χ3n) is 3.87. The van der Waals surface area contributed by atoms with Crippen LogP contribution in [0, 0.1) is 12.3 Å². The minimum atomic E-state index is 0.388. The van der Waals surface area contributed by atoms with E-state index in [4.69, 9.17) is 0 Å². The van der Waals surface area contributed by atoms with Crippen LogP contribution in [0.15, 0.2) is 6.07 Å². The van der Waals surface area contributed by atoms with Gasteiger partial charge in [-0.15, -0.1) is 11.3 Å². The smallest absolute Gasteiger partial charge is 0.226 e. The van der Waals surface area contributed by atoms with Crippen LogP contribution in [0.25, 0.3) is 10.2 Å². The number of aryl methyl sites for hydroxylation is 1. The van der Waals surface area contributed by atoms with E-state index in [0.717, 1.165) is 34.9 Å². The molecule has 0 bridgehead atoms. The Bertz CT molecular complexity index is 632. The van der Waals surface area contributed by atoms with Gasteiger partial charge in [0.1, 0.15) is 10.6 Å². The standard InChI is InChI=1S/C15H22N4S/c1-5-6-16-14-18-12(17-11-8-15(11,3)4)10-7-9(2)20-13(10)19-14/h7,11H,5-6,8H2,1-4H3,(H2,16,17,18,19). The predicted octanol–water partition coefficient (Wildman–Crippen LogP) is 4.03. The van der Waals surface area contributed by atoms with Gasteiger partial charge in [-0.1, -0.05) is 20.8 Å². The van der Waals surface area contributed by atoms with Crippen molar-refractivity contribution < 1.29 is 0 Å². The van der Waals surface area contributed by atoms with Crippen molar-refractivity contribution in [1.29, 1.82) is 0 Å². The van der Waals surface area contributed by atoms with Crippen LogP contribution in [0.2, 0.25) is 0 Å². The van der Waals surface area contributed by atoms with E-state index in [-0.39, 0.29) is 0 Å². The number of nitrogens with one attached hydrogen (secondary N) is 2. The third-order valence-corrected chi connectivity index (χ3v) is 4.82. The van der Waals surface area contributed by atoms with Gasteiger partial charge in [0.15, 0.2) is 0 Å². The quantitative estimate of drug-likeness (QED) is 0.873. The molecule has 4 nitrogen and oxygen atoms in total. The number of hydrogen-bond donors (Lipinski definition) is 2. The number of aromatic nitrogens is 2. The lowest BCUT2D eigenvalue weighted by Gasteiger charge is -2.10. The van der Waals surface area contributed by atoms with E-state index in [0.29, 0.717) is 11.5 Å². The average Bonchev–Trinajstić information content (AvgIpc) is 2.80. The highest BCUT2D eigenvalue weighted by atomic mass is 32.1. The van der Waals surface area contributed by atoms with Crippen molar-refractivity contribution in [1.82, 2.24) is 9.97 Å². The molecule has 20 heavy (non-hydrogen) atoms. The van der Waals surface area contributed by atoms with Crippen LogP contribution in [0.3, 0.4) is 0 Å². The zero-order valence-electron chi connectivity index (χ0n) is 12.6. The average molecular weight is 290 g/mol. The molecule has 1 unspecified atom stereocenters. The zero-order valence-corrected chi connectivity index (χ0v) is 13.4. The summed E-state index contributed by atoms with van der Waals surface area (Å²) < 4.78 is 0. The zero-order chi connectivity index (χ0) is 14.3. The molecule has 2 aromatic heterocycles. The van der Waals surface area contributed by atoms with Crippen LogP contribution in [-0.2, 0) is 0 Å². The second-order valence-electron chi connectivity index (χ2n) is 6.29. The van der Waals surface area contributed by atoms with Gasteiger partial charge in [0.25, 0.3) is 0 Å². The Hall–Kier alpha value is -1.36. The summed E-state index contributed by atoms with van der Waals surface area (Å²) in [6, 6.07) is 2.71. The third kappa shape index (κ3) is 2.59. The summed E-state index contributed by atoms with van der Waals surface area (Å²) in [6.45, 7) is 9.75. The van der Waals surface area contributed by atoms with Gasteiger partial charge in [-0.2, -0.15) is 4.98 Å². The van der Waals surface area contributed by atoms with Crippen molar-refractivity contribution in [2.75, 3.05) is 17.2 Å². The highest BCUT2D eigenvalue weighted by Gasteiger charge is 2.46. The van der Waals surface area contributed by atoms with Crippen molar-refractivity contribution in [3.63, 3.8) is 0 Å². The lowest BCUT2D eigenvalue weighted by Crippen LogP contribution is -2.12. The minimum absolute atomic E-state index is 0.388. The first-order valence-corrected chi connectivity index (χ1v) is 8.10. The number of rotatable bonds is 5. The maximum Gasteiger partial charge on any atom is 0.226 e. The normalized spacial score (nSPS) is 20.1. The van der Waals surface area contributed by atoms with E-state index < -0.39 is 0 Å². The van der Waals surface area contributed by atoms with Crippen molar-refractivity contribution in [2.24, 2.45) is 5.41 Å². The van der Waals surface area contributed by atoms with Crippen molar-refractivity contribution in [2.45, 2.75) is 46.6 Å². The monoisotopic (exact) mass is 290 g/mol. The number of hydrogen-bond acceptors (Lipinski definition) is 5. The molecule has 1 saturated carbocycles. The van der Waals surface area contributed by atoms with Crippen molar-refractivity contribution in [3.05, 3.63) is 10.9 Å².